The van der Waals surface area contributed by atoms with Crippen molar-refractivity contribution in [3.63, 3.8) is 0 Å². The van der Waals surface area contributed by atoms with Crippen molar-refractivity contribution >= 4 is 40.3 Å². The number of ether oxygens (including phenoxy) is 1. The van der Waals surface area contributed by atoms with Crippen LogP contribution in [0, 0.1) is 0 Å². The molecule has 1 aliphatic heterocycles. The molecule has 0 saturated carbocycles. The Morgan fingerprint density at radius 2 is 1.91 bits per heavy atom. The highest BCUT2D eigenvalue weighted by molar-refractivity contribution is 8.26. The van der Waals surface area contributed by atoms with Crippen LogP contribution in [0.3, 0.4) is 0 Å². The molecule has 0 aromatic heterocycles. The lowest BCUT2D eigenvalue weighted by Crippen LogP contribution is -2.29. The second-order valence-corrected chi connectivity index (χ2v) is 8.23. The first-order chi connectivity index (χ1) is 10.8. The summed E-state index contributed by atoms with van der Waals surface area (Å²) in [5.74, 6) is -0.00370. The van der Waals surface area contributed by atoms with Crippen LogP contribution < -0.4 is 0 Å². The van der Waals surface area contributed by atoms with Gasteiger partial charge in [0.15, 0.2) is 0 Å². The maximum absolute atomic E-state index is 12.4. The summed E-state index contributed by atoms with van der Waals surface area (Å²) in [6.45, 7) is 7.80. The second-order valence-electron chi connectivity index (χ2n) is 6.55. The number of thiocarbonyl (C=S) groups is 1. The number of amides is 1. The number of hydrogen-bond donors (Lipinski definition) is 0. The minimum Gasteiger partial charge on any atom is -0.385 e. The van der Waals surface area contributed by atoms with Crippen molar-refractivity contribution in [1.29, 1.82) is 0 Å². The van der Waals surface area contributed by atoms with Gasteiger partial charge in [-0.05, 0) is 29.0 Å². The summed E-state index contributed by atoms with van der Waals surface area (Å²) >= 11 is 6.69. The Labute approximate surface area is 148 Å². The van der Waals surface area contributed by atoms with E-state index in [-0.39, 0.29) is 11.3 Å². The Morgan fingerprint density at radius 3 is 2.48 bits per heavy atom. The van der Waals surface area contributed by atoms with Crippen molar-refractivity contribution in [2.24, 2.45) is 0 Å². The third-order valence-corrected chi connectivity index (χ3v) is 5.06. The molecule has 0 atom stereocenters. The molecule has 124 valence electrons. The molecule has 2 rings (SSSR count). The Bertz CT molecular complexity index is 615. The van der Waals surface area contributed by atoms with Crippen LogP contribution in [-0.4, -0.2) is 35.4 Å². The monoisotopic (exact) mass is 349 g/mol. The third-order valence-electron chi connectivity index (χ3n) is 3.68. The lowest BCUT2D eigenvalue weighted by Gasteiger charge is -2.18. The normalized spacial score (nSPS) is 17.4. The molecule has 5 heteroatoms. The molecule has 1 saturated heterocycles. The summed E-state index contributed by atoms with van der Waals surface area (Å²) in [5, 5.41) is 0. The highest BCUT2D eigenvalue weighted by Crippen LogP contribution is 2.33. The van der Waals surface area contributed by atoms with Crippen LogP contribution in [0.1, 0.15) is 38.3 Å². The molecule has 0 unspecified atom stereocenters. The molecule has 1 aromatic rings. The van der Waals surface area contributed by atoms with Gasteiger partial charge in [0.1, 0.15) is 4.32 Å². The molecule has 0 radical (unpaired) electrons. The summed E-state index contributed by atoms with van der Waals surface area (Å²) in [5.41, 5.74) is 2.43. The quantitative estimate of drug-likeness (QED) is 0.452. The molecule has 1 aliphatic rings. The minimum atomic E-state index is -0.00370. The van der Waals surface area contributed by atoms with Crippen LogP contribution in [0.15, 0.2) is 29.2 Å². The van der Waals surface area contributed by atoms with Crippen molar-refractivity contribution in [2.45, 2.75) is 32.6 Å². The standard InChI is InChI=1S/C18H23NO2S2/c1-18(2,3)14-8-6-13(7-9-14)12-15-16(20)19(17(22)23-15)10-5-11-21-4/h6-9,12H,5,10-11H2,1-4H3/b15-12+. The average molecular weight is 350 g/mol. The van der Waals surface area contributed by atoms with Crippen LogP contribution in [-0.2, 0) is 14.9 Å². The largest absolute Gasteiger partial charge is 0.385 e. The summed E-state index contributed by atoms with van der Waals surface area (Å²) in [6.07, 6.45) is 2.71. The fourth-order valence-electron chi connectivity index (χ4n) is 2.29. The number of carbonyl (C=O) groups excluding carboxylic acids is 1. The van der Waals surface area contributed by atoms with E-state index >= 15 is 0 Å². The first-order valence-corrected chi connectivity index (χ1v) is 8.90. The molecule has 23 heavy (non-hydrogen) atoms. The number of hydrogen-bond acceptors (Lipinski definition) is 4. The molecule has 0 spiro atoms. The first kappa shape index (κ1) is 18.2. The smallest absolute Gasteiger partial charge is 0.266 e. The topological polar surface area (TPSA) is 29.5 Å². The van der Waals surface area contributed by atoms with E-state index in [0.29, 0.717) is 22.4 Å². The Kier molecular flexibility index (Phi) is 6.00. The summed E-state index contributed by atoms with van der Waals surface area (Å²) < 4.78 is 5.66. The van der Waals surface area contributed by atoms with E-state index < -0.39 is 0 Å². The first-order valence-electron chi connectivity index (χ1n) is 7.68. The van der Waals surface area contributed by atoms with Crippen molar-refractivity contribution < 1.29 is 9.53 Å². The van der Waals surface area contributed by atoms with Crippen molar-refractivity contribution in [1.82, 2.24) is 4.90 Å². The molecular formula is C18H23NO2S2. The highest BCUT2D eigenvalue weighted by atomic mass is 32.2. The predicted molar refractivity (Wildman–Crippen MR) is 102 cm³/mol. The third kappa shape index (κ3) is 4.66. The van der Waals surface area contributed by atoms with Gasteiger partial charge in [0.2, 0.25) is 0 Å². The van der Waals surface area contributed by atoms with E-state index in [9.17, 15) is 4.79 Å². The lowest BCUT2D eigenvalue weighted by atomic mass is 9.87. The minimum absolute atomic E-state index is 0.00370. The fraction of sp³-hybridized carbons (Fsp3) is 0.444. The number of rotatable bonds is 5. The maximum atomic E-state index is 12.4. The van der Waals surface area contributed by atoms with Crippen molar-refractivity contribution in [2.75, 3.05) is 20.3 Å². The molecule has 0 bridgehead atoms. The van der Waals surface area contributed by atoms with Gasteiger partial charge in [-0.25, -0.2) is 0 Å². The second kappa shape index (κ2) is 7.60. The van der Waals surface area contributed by atoms with E-state index in [1.54, 1.807) is 12.0 Å². The average Bonchev–Trinajstić information content (AvgIpc) is 2.74. The van der Waals surface area contributed by atoms with Gasteiger partial charge in [0, 0.05) is 20.3 Å². The van der Waals surface area contributed by atoms with Crippen LogP contribution in [0.2, 0.25) is 0 Å². The lowest BCUT2D eigenvalue weighted by molar-refractivity contribution is -0.122. The van der Waals surface area contributed by atoms with Gasteiger partial charge in [0.05, 0.1) is 4.91 Å². The van der Waals surface area contributed by atoms with Crippen molar-refractivity contribution in [3.05, 3.63) is 40.3 Å². The molecule has 1 fully saturated rings. The highest BCUT2D eigenvalue weighted by Gasteiger charge is 2.31. The molecule has 1 amide bonds. The van der Waals surface area contributed by atoms with Gasteiger partial charge in [-0.3, -0.25) is 9.69 Å². The summed E-state index contributed by atoms with van der Waals surface area (Å²) in [7, 11) is 1.66. The number of methoxy groups -OCH3 is 1. The molecular weight excluding hydrogens is 326 g/mol. The zero-order valence-electron chi connectivity index (χ0n) is 14.1. The molecule has 1 heterocycles. The van der Waals surface area contributed by atoms with Crippen molar-refractivity contribution in [3.8, 4) is 0 Å². The number of benzene rings is 1. The fourth-order valence-corrected chi connectivity index (χ4v) is 3.60. The van der Waals surface area contributed by atoms with Crippen LogP contribution in [0.4, 0.5) is 0 Å². The van der Waals surface area contributed by atoms with E-state index in [1.807, 2.05) is 6.08 Å². The van der Waals surface area contributed by atoms with Gasteiger partial charge in [-0.2, -0.15) is 0 Å². The zero-order valence-corrected chi connectivity index (χ0v) is 15.7. The Balaban J connectivity index is 2.11. The zero-order chi connectivity index (χ0) is 17.0. The number of nitrogens with zero attached hydrogens (tertiary/aromatic N) is 1. The van der Waals surface area contributed by atoms with Gasteiger partial charge in [-0.15, -0.1) is 0 Å². The number of carbonyl (C=O) groups is 1. The summed E-state index contributed by atoms with van der Waals surface area (Å²) in [6, 6.07) is 8.34. The van der Waals surface area contributed by atoms with E-state index in [0.717, 1.165) is 12.0 Å². The number of thioether (sulfide) groups is 1. The Hall–Kier alpha value is -1.17. The Morgan fingerprint density at radius 1 is 1.26 bits per heavy atom. The van der Waals surface area contributed by atoms with Gasteiger partial charge in [-0.1, -0.05) is 69.0 Å². The molecule has 1 aromatic carbocycles. The molecule has 0 aliphatic carbocycles. The SMILES string of the molecule is COCCCN1C(=O)/C(=C\c2ccc(C(C)(C)C)cc2)SC1=S. The maximum Gasteiger partial charge on any atom is 0.266 e. The van der Waals surface area contributed by atoms with E-state index in [1.165, 1.54) is 17.3 Å². The van der Waals surface area contributed by atoms with Gasteiger partial charge in [0.25, 0.3) is 5.91 Å². The van der Waals surface area contributed by atoms with Crippen LogP contribution >= 0.6 is 24.0 Å². The van der Waals surface area contributed by atoms with Gasteiger partial charge >= 0.3 is 0 Å². The van der Waals surface area contributed by atoms with E-state index in [2.05, 4.69) is 45.0 Å². The van der Waals surface area contributed by atoms with E-state index in [4.69, 9.17) is 17.0 Å². The molecule has 3 nitrogen and oxygen atoms in total. The summed E-state index contributed by atoms with van der Waals surface area (Å²) in [4.78, 5) is 14.8. The van der Waals surface area contributed by atoms with Crippen LogP contribution in [0.5, 0.6) is 0 Å². The van der Waals surface area contributed by atoms with Crippen LogP contribution in [0.25, 0.3) is 6.08 Å². The van der Waals surface area contributed by atoms with Gasteiger partial charge < -0.3 is 4.74 Å². The molecule has 0 N–H and O–H groups in total. The predicted octanol–water partition coefficient (Wildman–Crippen LogP) is 4.22.